The predicted molar refractivity (Wildman–Crippen MR) is 92.8 cm³/mol. The monoisotopic (exact) mass is 325 g/mol. The first kappa shape index (κ1) is 19.4. The lowest BCUT2D eigenvalue weighted by atomic mass is 10.1. The van der Waals surface area contributed by atoms with Crippen LogP contribution in [0.1, 0.15) is 37.6 Å². The smallest absolute Gasteiger partial charge is 0.191 e. The van der Waals surface area contributed by atoms with E-state index in [9.17, 15) is 0 Å². The lowest BCUT2D eigenvalue weighted by Crippen LogP contribution is -2.40. The first-order valence-corrected chi connectivity index (χ1v) is 8.14. The Hall–Kier alpha value is -1.60. The van der Waals surface area contributed by atoms with Crippen LogP contribution in [-0.2, 0) is 11.3 Å². The van der Waals surface area contributed by atoms with Gasteiger partial charge in [0.05, 0.1) is 12.2 Å². The highest BCUT2D eigenvalue weighted by Gasteiger charge is 2.08. The average Bonchev–Trinajstić information content (AvgIpc) is 3.00. The molecule has 0 saturated heterocycles. The van der Waals surface area contributed by atoms with Gasteiger partial charge in [-0.05, 0) is 19.4 Å². The van der Waals surface area contributed by atoms with E-state index in [1.165, 1.54) is 0 Å². The van der Waals surface area contributed by atoms with Gasteiger partial charge in [0, 0.05) is 46.5 Å². The van der Waals surface area contributed by atoms with Crippen LogP contribution in [0, 0.1) is 0 Å². The van der Waals surface area contributed by atoms with Gasteiger partial charge >= 0.3 is 0 Å². The van der Waals surface area contributed by atoms with Crippen LogP contribution in [0.5, 0.6) is 0 Å². The molecule has 0 aromatic carbocycles. The number of rotatable bonds is 10. The molecule has 1 aromatic rings. The Morgan fingerprint density at radius 2 is 2.17 bits per heavy atom. The Morgan fingerprint density at radius 1 is 1.39 bits per heavy atom. The Bertz CT molecular complexity index is 459. The van der Waals surface area contributed by atoms with Crippen molar-refractivity contribution < 1.29 is 9.26 Å². The summed E-state index contributed by atoms with van der Waals surface area (Å²) >= 11 is 0. The topological polar surface area (TPSA) is 74.9 Å². The van der Waals surface area contributed by atoms with E-state index in [-0.39, 0.29) is 0 Å². The maximum absolute atomic E-state index is 5.30. The van der Waals surface area contributed by atoms with Gasteiger partial charge in [-0.1, -0.05) is 19.0 Å². The number of methoxy groups -OCH3 is 1. The molecule has 132 valence electrons. The number of likely N-dealkylation sites (N-methyl/N-ethyl adjacent to an activating group) is 1. The summed E-state index contributed by atoms with van der Waals surface area (Å²) < 4.78 is 10.4. The molecule has 7 heteroatoms. The number of nitrogens with zero attached hydrogens (tertiary/aromatic N) is 3. The van der Waals surface area contributed by atoms with E-state index in [2.05, 4.69) is 46.6 Å². The van der Waals surface area contributed by atoms with Crippen LogP contribution in [0.15, 0.2) is 15.6 Å². The second kappa shape index (κ2) is 11.0. The number of guanidine groups is 1. The standard InChI is InChI=1S/C16H31N5O2/c1-13(2)15-11-14(23-20-15)12-19-16(17-3)18-7-9-21(4)8-6-10-22-5/h11,13H,6-10,12H2,1-5H3,(H2,17,18,19). The summed E-state index contributed by atoms with van der Waals surface area (Å²) in [7, 11) is 5.60. The third-order valence-electron chi connectivity index (χ3n) is 3.50. The largest absolute Gasteiger partial charge is 0.385 e. The molecule has 0 radical (unpaired) electrons. The number of aromatic nitrogens is 1. The molecule has 2 N–H and O–H groups in total. The van der Waals surface area contributed by atoms with Gasteiger partial charge in [-0.25, -0.2) is 0 Å². The highest BCUT2D eigenvalue weighted by Crippen LogP contribution is 2.13. The van der Waals surface area contributed by atoms with Crippen LogP contribution in [0.3, 0.4) is 0 Å². The molecule has 0 aliphatic heterocycles. The van der Waals surface area contributed by atoms with Gasteiger partial charge < -0.3 is 24.8 Å². The predicted octanol–water partition coefficient (Wildman–Crippen LogP) is 1.43. The minimum atomic E-state index is 0.374. The van der Waals surface area contributed by atoms with Crippen LogP contribution in [0.25, 0.3) is 0 Å². The maximum atomic E-state index is 5.30. The van der Waals surface area contributed by atoms with Crippen LogP contribution in [-0.4, -0.2) is 63.5 Å². The third-order valence-corrected chi connectivity index (χ3v) is 3.50. The zero-order chi connectivity index (χ0) is 17.1. The van der Waals surface area contributed by atoms with Gasteiger partial charge in [-0.2, -0.15) is 0 Å². The van der Waals surface area contributed by atoms with Gasteiger partial charge in [-0.15, -0.1) is 0 Å². The Kier molecular flexibility index (Phi) is 9.31. The summed E-state index contributed by atoms with van der Waals surface area (Å²) in [6.45, 7) is 8.37. The zero-order valence-electron chi connectivity index (χ0n) is 15.1. The first-order valence-electron chi connectivity index (χ1n) is 8.14. The molecule has 0 aliphatic carbocycles. The summed E-state index contributed by atoms with van der Waals surface area (Å²) in [5.41, 5.74) is 0.974. The van der Waals surface area contributed by atoms with Crippen LogP contribution < -0.4 is 10.6 Å². The molecular formula is C16H31N5O2. The number of aliphatic imine (C=N–C) groups is 1. The van der Waals surface area contributed by atoms with E-state index < -0.39 is 0 Å². The SMILES string of the molecule is CN=C(NCCN(C)CCCOC)NCc1cc(C(C)C)no1. The third kappa shape index (κ3) is 7.99. The van der Waals surface area contributed by atoms with E-state index in [4.69, 9.17) is 9.26 Å². The molecule has 0 saturated carbocycles. The quantitative estimate of drug-likeness (QED) is 0.385. The number of hydrogen-bond acceptors (Lipinski definition) is 5. The molecule has 0 amide bonds. The number of nitrogens with one attached hydrogen (secondary N) is 2. The van der Waals surface area contributed by atoms with Gasteiger partial charge in [0.1, 0.15) is 0 Å². The fraction of sp³-hybridized carbons (Fsp3) is 0.750. The second-order valence-corrected chi connectivity index (χ2v) is 5.87. The Labute approximate surface area is 139 Å². The summed E-state index contributed by atoms with van der Waals surface area (Å²) in [6.07, 6.45) is 1.05. The summed E-state index contributed by atoms with van der Waals surface area (Å²) in [5.74, 6) is 1.95. The van der Waals surface area contributed by atoms with Crippen LogP contribution >= 0.6 is 0 Å². The van der Waals surface area contributed by atoms with Gasteiger partial charge in [0.15, 0.2) is 11.7 Å². The van der Waals surface area contributed by atoms with Crippen LogP contribution in [0.4, 0.5) is 0 Å². The van der Waals surface area contributed by atoms with Gasteiger partial charge in [0.2, 0.25) is 0 Å². The summed E-state index contributed by atoms with van der Waals surface area (Å²) in [4.78, 5) is 6.48. The van der Waals surface area contributed by atoms with Crippen molar-refractivity contribution in [2.24, 2.45) is 4.99 Å². The molecule has 1 aromatic heterocycles. The molecule has 0 atom stereocenters. The minimum Gasteiger partial charge on any atom is -0.385 e. The summed E-state index contributed by atoms with van der Waals surface area (Å²) in [5, 5.41) is 10.6. The molecule has 23 heavy (non-hydrogen) atoms. The fourth-order valence-electron chi connectivity index (χ4n) is 2.03. The van der Waals surface area contributed by atoms with Crippen molar-refractivity contribution in [2.45, 2.75) is 32.7 Å². The molecule has 7 nitrogen and oxygen atoms in total. The van der Waals surface area contributed by atoms with E-state index >= 15 is 0 Å². The Morgan fingerprint density at radius 3 is 2.78 bits per heavy atom. The number of hydrogen-bond donors (Lipinski definition) is 2. The van der Waals surface area contributed by atoms with E-state index in [1.54, 1.807) is 14.2 Å². The molecule has 1 rings (SSSR count). The Balaban J connectivity index is 2.23. The second-order valence-electron chi connectivity index (χ2n) is 5.87. The van der Waals surface area contributed by atoms with Gasteiger partial charge in [0.25, 0.3) is 0 Å². The average molecular weight is 325 g/mol. The van der Waals surface area contributed by atoms with Crippen LogP contribution in [0.2, 0.25) is 0 Å². The highest BCUT2D eigenvalue weighted by molar-refractivity contribution is 5.79. The summed E-state index contributed by atoms with van der Waals surface area (Å²) in [6, 6.07) is 1.98. The lowest BCUT2D eigenvalue weighted by Gasteiger charge is -2.17. The molecule has 0 bridgehead atoms. The van der Waals surface area contributed by atoms with Crippen molar-refractivity contribution in [3.8, 4) is 0 Å². The van der Waals surface area contributed by atoms with Crippen molar-refractivity contribution in [3.05, 3.63) is 17.5 Å². The molecule has 0 spiro atoms. The van der Waals surface area contributed by atoms with E-state index in [1.807, 2.05) is 6.07 Å². The van der Waals surface area contributed by atoms with E-state index in [0.29, 0.717) is 12.5 Å². The molecule has 1 heterocycles. The maximum Gasteiger partial charge on any atom is 0.191 e. The first-order chi connectivity index (χ1) is 11.1. The van der Waals surface area contributed by atoms with Crippen molar-refractivity contribution in [1.29, 1.82) is 0 Å². The normalized spacial score (nSPS) is 12.2. The van der Waals surface area contributed by atoms with Crippen molar-refractivity contribution >= 4 is 5.96 Å². The zero-order valence-corrected chi connectivity index (χ0v) is 15.1. The molecule has 0 aliphatic rings. The van der Waals surface area contributed by atoms with E-state index in [0.717, 1.165) is 50.1 Å². The van der Waals surface area contributed by atoms with Crippen molar-refractivity contribution in [1.82, 2.24) is 20.7 Å². The van der Waals surface area contributed by atoms with Crippen molar-refractivity contribution in [2.75, 3.05) is 47.4 Å². The minimum absolute atomic E-state index is 0.374. The number of ether oxygens (including phenoxy) is 1. The molecular weight excluding hydrogens is 294 g/mol. The molecule has 0 fully saturated rings. The fourth-order valence-corrected chi connectivity index (χ4v) is 2.03. The van der Waals surface area contributed by atoms with Gasteiger partial charge in [-0.3, -0.25) is 4.99 Å². The molecule has 0 unspecified atom stereocenters. The highest BCUT2D eigenvalue weighted by atomic mass is 16.5. The lowest BCUT2D eigenvalue weighted by molar-refractivity contribution is 0.180. The van der Waals surface area contributed by atoms with Crippen molar-refractivity contribution in [3.63, 3.8) is 0 Å².